The van der Waals surface area contributed by atoms with Crippen LogP contribution in [0.5, 0.6) is 5.75 Å². The van der Waals surface area contributed by atoms with Crippen LogP contribution < -0.4 is 10.1 Å². The lowest BCUT2D eigenvalue weighted by Crippen LogP contribution is -2.33. The Labute approximate surface area is 141 Å². The van der Waals surface area contributed by atoms with Crippen LogP contribution >= 0.6 is 11.8 Å². The third-order valence-electron chi connectivity index (χ3n) is 3.98. The molecular formula is C19H21NO2S. The number of hydrogen-bond acceptors (Lipinski definition) is 3. The van der Waals surface area contributed by atoms with Crippen molar-refractivity contribution in [2.24, 2.45) is 0 Å². The molecule has 0 aliphatic carbocycles. The van der Waals surface area contributed by atoms with Crippen LogP contribution in [0.15, 0.2) is 47.4 Å². The van der Waals surface area contributed by atoms with Gasteiger partial charge in [-0.15, -0.1) is 11.8 Å². The molecule has 1 N–H and O–H groups in total. The van der Waals surface area contributed by atoms with Gasteiger partial charge in [0.25, 0.3) is 0 Å². The number of aryl methyl sites for hydroxylation is 2. The number of benzene rings is 2. The van der Waals surface area contributed by atoms with Crippen molar-refractivity contribution in [2.75, 3.05) is 12.4 Å². The summed E-state index contributed by atoms with van der Waals surface area (Å²) in [6, 6.07) is 14.3. The zero-order valence-corrected chi connectivity index (χ0v) is 14.3. The van der Waals surface area contributed by atoms with Gasteiger partial charge in [-0.1, -0.05) is 35.9 Å². The van der Waals surface area contributed by atoms with Crippen molar-refractivity contribution in [3.8, 4) is 5.75 Å². The van der Waals surface area contributed by atoms with Crippen LogP contribution in [-0.4, -0.2) is 18.3 Å². The molecule has 1 amide bonds. The van der Waals surface area contributed by atoms with E-state index in [1.54, 1.807) is 11.8 Å². The lowest BCUT2D eigenvalue weighted by atomic mass is 10.0. The molecule has 0 radical (unpaired) electrons. The Bertz CT molecular complexity index is 714. The first-order valence-corrected chi connectivity index (χ1v) is 8.83. The number of carbonyl (C=O) groups excluding carboxylic acids is 1. The summed E-state index contributed by atoms with van der Waals surface area (Å²) in [5.74, 6) is 1.38. The van der Waals surface area contributed by atoms with Crippen LogP contribution in [0.25, 0.3) is 0 Å². The summed E-state index contributed by atoms with van der Waals surface area (Å²) in [4.78, 5) is 13.5. The summed E-state index contributed by atoms with van der Waals surface area (Å²) in [7, 11) is 0. The van der Waals surface area contributed by atoms with Gasteiger partial charge in [0.1, 0.15) is 5.75 Å². The van der Waals surface area contributed by atoms with Crippen molar-refractivity contribution < 1.29 is 9.53 Å². The molecule has 0 aromatic heterocycles. The fourth-order valence-corrected chi connectivity index (χ4v) is 3.65. The van der Waals surface area contributed by atoms with Gasteiger partial charge in [0.15, 0.2) is 0 Å². The molecule has 3 nitrogen and oxygen atoms in total. The standard InChI is InChI=1S/C19H21NO2S/c1-13-7-8-18(14(2)11-13)23-12-19(21)20-16-9-10-22-17-6-4-3-5-15(16)17/h3-8,11,16H,9-10,12H2,1-2H3,(H,20,21)/t16-/m1/s1. The SMILES string of the molecule is Cc1ccc(SCC(=O)N[C@@H]2CCOc3ccccc32)c(C)c1. The molecule has 2 aromatic carbocycles. The van der Waals surface area contributed by atoms with E-state index < -0.39 is 0 Å². The van der Waals surface area contributed by atoms with E-state index in [4.69, 9.17) is 4.74 Å². The zero-order valence-electron chi connectivity index (χ0n) is 13.5. The molecule has 1 aliphatic rings. The normalized spacial score (nSPS) is 16.3. The van der Waals surface area contributed by atoms with Crippen LogP contribution in [0.3, 0.4) is 0 Å². The van der Waals surface area contributed by atoms with Crippen molar-refractivity contribution in [1.82, 2.24) is 5.32 Å². The summed E-state index contributed by atoms with van der Waals surface area (Å²) >= 11 is 1.59. The maximum atomic E-state index is 12.3. The fraction of sp³-hybridized carbons (Fsp3) is 0.316. The average molecular weight is 327 g/mol. The maximum absolute atomic E-state index is 12.3. The van der Waals surface area contributed by atoms with E-state index in [1.165, 1.54) is 11.1 Å². The summed E-state index contributed by atoms with van der Waals surface area (Å²) in [5, 5.41) is 3.14. The molecule has 1 atom stereocenters. The molecular weight excluding hydrogens is 306 g/mol. The van der Waals surface area contributed by atoms with Crippen molar-refractivity contribution in [2.45, 2.75) is 31.2 Å². The first-order valence-electron chi connectivity index (χ1n) is 7.84. The van der Waals surface area contributed by atoms with E-state index in [-0.39, 0.29) is 11.9 Å². The molecule has 4 heteroatoms. The van der Waals surface area contributed by atoms with E-state index in [0.717, 1.165) is 22.6 Å². The van der Waals surface area contributed by atoms with Gasteiger partial charge in [-0.3, -0.25) is 4.79 Å². The number of thioether (sulfide) groups is 1. The Morgan fingerprint density at radius 1 is 1.26 bits per heavy atom. The molecule has 0 fully saturated rings. The van der Waals surface area contributed by atoms with Crippen molar-refractivity contribution in [3.05, 3.63) is 59.2 Å². The van der Waals surface area contributed by atoms with Crippen LogP contribution in [-0.2, 0) is 4.79 Å². The van der Waals surface area contributed by atoms with Gasteiger partial charge >= 0.3 is 0 Å². The van der Waals surface area contributed by atoms with Gasteiger partial charge in [-0.05, 0) is 31.5 Å². The maximum Gasteiger partial charge on any atom is 0.230 e. The first-order chi connectivity index (χ1) is 11.1. The topological polar surface area (TPSA) is 38.3 Å². The van der Waals surface area contributed by atoms with Gasteiger partial charge in [0, 0.05) is 16.9 Å². The predicted molar refractivity (Wildman–Crippen MR) is 94.1 cm³/mol. The third kappa shape index (κ3) is 3.88. The Balaban J connectivity index is 1.60. The van der Waals surface area contributed by atoms with Gasteiger partial charge in [0.2, 0.25) is 5.91 Å². The van der Waals surface area contributed by atoms with Crippen LogP contribution in [0.1, 0.15) is 29.2 Å². The fourth-order valence-electron chi connectivity index (χ4n) is 2.83. The summed E-state index contributed by atoms with van der Waals surface area (Å²) < 4.78 is 5.63. The predicted octanol–water partition coefficient (Wildman–Crippen LogP) is 4.04. The lowest BCUT2D eigenvalue weighted by Gasteiger charge is -2.26. The molecule has 0 spiro atoms. The van der Waals surface area contributed by atoms with Gasteiger partial charge in [-0.25, -0.2) is 0 Å². The minimum atomic E-state index is 0.0483. The molecule has 2 aromatic rings. The van der Waals surface area contributed by atoms with Crippen molar-refractivity contribution >= 4 is 17.7 Å². The molecule has 0 saturated carbocycles. The number of carbonyl (C=O) groups is 1. The van der Waals surface area contributed by atoms with Crippen LogP contribution in [0, 0.1) is 13.8 Å². The Morgan fingerprint density at radius 3 is 2.91 bits per heavy atom. The highest BCUT2D eigenvalue weighted by Crippen LogP contribution is 2.31. The molecule has 3 rings (SSSR count). The number of para-hydroxylation sites is 1. The van der Waals surface area contributed by atoms with Gasteiger partial charge in [0.05, 0.1) is 18.4 Å². The number of rotatable bonds is 4. The Morgan fingerprint density at radius 2 is 2.09 bits per heavy atom. The molecule has 120 valence electrons. The Hall–Kier alpha value is -1.94. The van der Waals surface area contributed by atoms with E-state index in [0.29, 0.717) is 12.4 Å². The summed E-state index contributed by atoms with van der Waals surface area (Å²) in [6.45, 7) is 4.81. The highest BCUT2D eigenvalue weighted by atomic mass is 32.2. The number of nitrogens with one attached hydrogen (secondary N) is 1. The minimum Gasteiger partial charge on any atom is -0.493 e. The molecule has 1 aliphatic heterocycles. The zero-order chi connectivity index (χ0) is 16.2. The second-order valence-electron chi connectivity index (χ2n) is 5.85. The van der Waals surface area contributed by atoms with E-state index in [9.17, 15) is 4.79 Å². The second-order valence-corrected chi connectivity index (χ2v) is 6.87. The van der Waals surface area contributed by atoms with E-state index >= 15 is 0 Å². The van der Waals surface area contributed by atoms with E-state index in [2.05, 4.69) is 37.4 Å². The number of hydrogen-bond donors (Lipinski definition) is 1. The van der Waals surface area contributed by atoms with Gasteiger partial charge in [-0.2, -0.15) is 0 Å². The number of fused-ring (bicyclic) bond motifs is 1. The van der Waals surface area contributed by atoms with Gasteiger partial charge < -0.3 is 10.1 Å². The highest BCUT2D eigenvalue weighted by molar-refractivity contribution is 8.00. The molecule has 0 unspecified atom stereocenters. The first kappa shape index (κ1) is 15.9. The van der Waals surface area contributed by atoms with Crippen LogP contribution in [0.4, 0.5) is 0 Å². The highest BCUT2D eigenvalue weighted by Gasteiger charge is 2.22. The largest absolute Gasteiger partial charge is 0.493 e. The molecule has 23 heavy (non-hydrogen) atoms. The third-order valence-corrected chi connectivity index (χ3v) is 5.16. The number of amides is 1. The number of ether oxygens (including phenoxy) is 1. The lowest BCUT2D eigenvalue weighted by molar-refractivity contribution is -0.119. The quantitative estimate of drug-likeness (QED) is 0.862. The van der Waals surface area contributed by atoms with E-state index in [1.807, 2.05) is 24.3 Å². The van der Waals surface area contributed by atoms with Crippen molar-refractivity contribution in [1.29, 1.82) is 0 Å². The van der Waals surface area contributed by atoms with Crippen LogP contribution in [0.2, 0.25) is 0 Å². The molecule has 0 bridgehead atoms. The summed E-state index contributed by atoms with van der Waals surface area (Å²) in [6.07, 6.45) is 0.816. The average Bonchev–Trinajstić information content (AvgIpc) is 2.54. The monoisotopic (exact) mass is 327 g/mol. The molecule has 0 saturated heterocycles. The van der Waals surface area contributed by atoms with Crippen molar-refractivity contribution in [3.63, 3.8) is 0 Å². The second kappa shape index (κ2) is 7.09. The molecule has 1 heterocycles. The smallest absolute Gasteiger partial charge is 0.230 e. The summed E-state index contributed by atoms with van der Waals surface area (Å²) in [5.41, 5.74) is 3.54. The Kier molecular flexibility index (Phi) is 4.91. The minimum absolute atomic E-state index is 0.0483.